The fraction of sp³-hybridized carbons (Fsp3) is 1.00. The molecular formula is C7H16N2O3S. The Morgan fingerprint density at radius 3 is 2.38 bits per heavy atom. The highest BCUT2D eigenvalue weighted by Crippen LogP contribution is 2.23. The maximum atomic E-state index is 11.0. The standard InChI is InChI=1S/C7H16N2O3S/c1-9(13(8,11)12)6-4-2-3-5-7(6)10/h6-7,10H,2-5H2,1H3,(H2,8,11,12). The van der Waals surface area contributed by atoms with Crippen molar-refractivity contribution in [2.24, 2.45) is 5.14 Å². The Labute approximate surface area is 78.7 Å². The van der Waals surface area contributed by atoms with Gasteiger partial charge in [-0.15, -0.1) is 0 Å². The molecule has 1 aliphatic carbocycles. The first-order chi connectivity index (χ1) is 5.93. The SMILES string of the molecule is CN(C1CCCCC1O)S(N)(=O)=O. The lowest BCUT2D eigenvalue weighted by molar-refractivity contribution is 0.0638. The number of nitrogens with zero attached hydrogens (tertiary/aromatic N) is 1. The number of rotatable bonds is 2. The third-order valence-electron chi connectivity index (χ3n) is 2.56. The summed E-state index contributed by atoms with van der Waals surface area (Å²) >= 11 is 0. The van der Waals surface area contributed by atoms with E-state index in [1.165, 1.54) is 7.05 Å². The van der Waals surface area contributed by atoms with E-state index in [9.17, 15) is 13.5 Å². The van der Waals surface area contributed by atoms with Crippen LogP contribution < -0.4 is 5.14 Å². The van der Waals surface area contributed by atoms with Crippen molar-refractivity contribution in [1.82, 2.24) is 4.31 Å². The second kappa shape index (κ2) is 3.91. The van der Waals surface area contributed by atoms with Gasteiger partial charge in [-0.05, 0) is 12.8 Å². The van der Waals surface area contributed by atoms with Crippen LogP contribution in [0, 0.1) is 0 Å². The fourth-order valence-electron chi connectivity index (χ4n) is 1.70. The average molecular weight is 208 g/mol. The zero-order valence-electron chi connectivity index (χ0n) is 7.68. The Morgan fingerprint density at radius 2 is 1.92 bits per heavy atom. The summed E-state index contributed by atoms with van der Waals surface area (Å²) < 4.78 is 23.0. The van der Waals surface area contributed by atoms with Gasteiger partial charge in [0, 0.05) is 7.05 Å². The van der Waals surface area contributed by atoms with Crippen LogP contribution in [0.3, 0.4) is 0 Å². The van der Waals surface area contributed by atoms with E-state index in [-0.39, 0.29) is 6.04 Å². The van der Waals surface area contributed by atoms with Crippen LogP contribution in [0.5, 0.6) is 0 Å². The van der Waals surface area contributed by atoms with Gasteiger partial charge in [0.2, 0.25) is 0 Å². The molecule has 2 atom stereocenters. The maximum Gasteiger partial charge on any atom is 0.276 e. The van der Waals surface area contributed by atoms with Crippen molar-refractivity contribution < 1.29 is 13.5 Å². The van der Waals surface area contributed by atoms with Crippen molar-refractivity contribution in [3.63, 3.8) is 0 Å². The summed E-state index contributed by atoms with van der Waals surface area (Å²) in [6, 6.07) is -0.344. The van der Waals surface area contributed by atoms with E-state index < -0.39 is 16.3 Å². The van der Waals surface area contributed by atoms with E-state index in [0.29, 0.717) is 12.8 Å². The van der Waals surface area contributed by atoms with Crippen LogP contribution in [0.1, 0.15) is 25.7 Å². The molecule has 0 aromatic heterocycles. The topological polar surface area (TPSA) is 83.6 Å². The molecule has 0 heterocycles. The lowest BCUT2D eigenvalue weighted by atomic mass is 9.93. The predicted molar refractivity (Wildman–Crippen MR) is 49.1 cm³/mol. The van der Waals surface area contributed by atoms with Gasteiger partial charge in [-0.2, -0.15) is 12.7 Å². The average Bonchev–Trinajstić information content (AvgIpc) is 2.02. The first-order valence-electron chi connectivity index (χ1n) is 4.37. The van der Waals surface area contributed by atoms with E-state index in [0.717, 1.165) is 17.1 Å². The van der Waals surface area contributed by atoms with Crippen LogP contribution in [0.25, 0.3) is 0 Å². The van der Waals surface area contributed by atoms with Gasteiger partial charge >= 0.3 is 0 Å². The van der Waals surface area contributed by atoms with Crippen molar-refractivity contribution >= 4 is 10.2 Å². The molecule has 0 saturated heterocycles. The van der Waals surface area contributed by atoms with E-state index in [4.69, 9.17) is 5.14 Å². The number of nitrogens with two attached hydrogens (primary N) is 1. The van der Waals surface area contributed by atoms with Crippen molar-refractivity contribution in [3.8, 4) is 0 Å². The molecular weight excluding hydrogens is 192 g/mol. The minimum atomic E-state index is -3.66. The van der Waals surface area contributed by atoms with Crippen LogP contribution in [0.2, 0.25) is 0 Å². The third kappa shape index (κ3) is 2.63. The summed E-state index contributed by atoms with van der Waals surface area (Å²) in [5.74, 6) is 0. The molecule has 0 amide bonds. The maximum absolute atomic E-state index is 11.0. The largest absolute Gasteiger partial charge is 0.391 e. The first kappa shape index (κ1) is 10.9. The van der Waals surface area contributed by atoms with E-state index >= 15 is 0 Å². The molecule has 5 nitrogen and oxygen atoms in total. The van der Waals surface area contributed by atoms with Gasteiger partial charge in [-0.1, -0.05) is 12.8 Å². The molecule has 0 radical (unpaired) electrons. The zero-order chi connectivity index (χ0) is 10.1. The van der Waals surface area contributed by atoms with E-state index in [1.54, 1.807) is 0 Å². The monoisotopic (exact) mass is 208 g/mol. The van der Waals surface area contributed by atoms with Crippen LogP contribution in [0.15, 0.2) is 0 Å². The Balaban J connectivity index is 2.70. The highest BCUT2D eigenvalue weighted by Gasteiger charge is 2.31. The molecule has 0 spiro atoms. The lowest BCUT2D eigenvalue weighted by Gasteiger charge is -2.33. The number of hydrogen-bond donors (Lipinski definition) is 2. The number of aliphatic hydroxyl groups is 1. The Hall–Kier alpha value is -0.170. The van der Waals surface area contributed by atoms with Gasteiger partial charge in [-0.25, -0.2) is 5.14 Å². The number of likely N-dealkylation sites (N-methyl/N-ethyl adjacent to an activating group) is 1. The predicted octanol–water partition coefficient (Wildman–Crippen LogP) is -0.575. The normalized spacial score (nSPS) is 30.8. The third-order valence-corrected chi connectivity index (χ3v) is 3.64. The van der Waals surface area contributed by atoms with E-state index in [2.05, 4.69) is 0 Å². The first-order valence-corrected chi connectivity index (χ1v) is 5.87. The second-order valence-electron chi connectivity index (χ2n) is 3.48. The summed E-state index contributed by atoms with van der Waals surface area (Å²) in [7, 11) is -2.25. The van der Waals surface area contributed by atoms with Gasteiger partial charge in [0.15, 0.2) is 0 Å². The Morgan fingerprint density at radius 1 is 1.38 bits per heavy atom. The van der Waals surface area contributed by atoms with Gasteiger partial charge in [0.1, 0.15) is 0 Å². The molecule has 3 N–H and O–H groups in total. The number of hydrogen-bond acceptors (Lipinski definition) is 3. The summed E-state index contributed by atoms with van der Waals surface area (Å²) in [5, 5.41) is 14.5. The fourth-order valence-corrected chi connectivity index (χ4v) is 2.33. The van der Waals surface area contributed by atoms with E-state index in [1.807, 2.05) is 0 Å². The molecule has 1 saturated carbocycles. The second-order valence-corrected chi connectivity index (χ2v) is 5.09. The summed E-state index contributed by atoms with van der Waals surface area (Å²) in [6.07, 6.45) is 2.67. The summed E-state index contributed by atoms with van der Waals surface area (Å²) in [6.45, 7) is 0. The summed E-state index contributed by atoms with van der Waals surface area (Å²) in [4.78, 5) is 0. The Bertz CT molecular complexity index is 265. The molecule has 1 aliphatic rings. The van der Waals surface area contributed by atoms with Crippen LogP contribution in [-0.2, 0) is 10.2 Å². The van der Waals surface area contributed by atoms with Crippen molar-refractivity contribution in [2.75, 3.05) is 7.05 Å². The molecule has 78 valence electrons. The highest BCUT2D eigenvalue weighted by atomic mass is 32.2. The molecule has 0 aromatic carbocycles. The van der Waals surface area contributed by atoms with Gasteiger partial charge in [-0.3, -0.25) is 0 Å². The minimum absolute atomic E-state index is 0.344. The van der Waals surface area contributed by atoms with Crippen molar-refractivity contribution in [2.45, 2.75) is 37.8 Å². The molecule has 13 heavy (non-hydrogen) atoms. The number of aliphatic hydroxyl groups excluding tert-OH is 1. The highest BCUT2D eigenvalue weighted by molar-refractivity contribution is 7.86. The van der Waals surface area contributed by atoms with Crippen LogP contribution in [0.4, 0.5) is 0 Å². The quantitative estimate of drug-likeness (QED) is 0.637. The van der Waals surface area contributed by atoms with Gasteiger partial charge in [0.05, 0.1) is 12.1 Å². The smallest absolute Gasteiger partial charge is 0.276 e. The molecule has 6 heteroatoms. The van der Waals surface area contributed by atoms with Gasteiger partial charge in [0.25, 0.3) is 10.2 Å². The Kier molecular flexibility index (Phi) is 3.28. The molecule has 0 bridgehead atoms. The van der Waals surface area contributed by atoms with Gasteiger partial charge < -0.3 is 5.11 Å². The summed E-state index contributed by atoms with van der Waals surface area (Å²) in [5.41, 5.74) is 0. The van der Waals surface area contributed by atoms with Crippen LogP contribution >= 0.6 is 0 Å². The lowest BCUT2D eigenvalue weighted by Crippen LogP contribution is -2.48. The minimum Gasteiger partial charge on any atom is -0.391 e. The molecule has 2 unspecified atom stereocenters. The molecule has 0 aliphatic heterocycles. The van der Waals surface area contributed by atoms with Crippen molar-refractivity contribution in [1.29, 1.82) is 0 Å². The zero-order valence-corrected chi connectivity index (χ0v) is 8.50. The molecule has 1 rings (SSSR count). The van der Waals surface area contributed by atoms with Crippen LogP contribution in [-0.4, -0.2) is 37.0 Å². The molecule has 0 aromatic rings. The molecule has 1 fully saturated rings. The van der Waals surface area contributed by atoms with Crippen molar-refractivity contribution in [3.05, 3.63) is 0 Å².